The topological polar surface area (TPSA) is 55.4 Å². The van der Waals surface area contributed by atoms with Crippen molar-refractivity contribution < 1.29 is 13.2 Å². The predicted molar refractivity (Wildman–Crippen MR) is 90.7 cm³/mol. The Bertz CT molecular complexity index is 546. The quantitative estimate of drug-likeness (QED) is 0.670. The van der Waals surface area contributed by atoms with Gasteiger partial charge in [-0.15, -0.1) is 0 Å². The molecule has 0 aliphatic carbocycles. The van der Waals surface area contributed by atoms with E-state index in [-0.39, 0.29) is 11.8 Å². The van der Waals surface area contributed by atoms with Crippen molar-refractivity contribution in [2.24, 2.45) is 0 Å². The summed E-state index contributed by atoms with van der Waals surface area (Å²) in [5.41, 5.74) is 1.08. The highest BCUT2D eigenvalue weighted by Crippen LogP contribution is 2.28. The summed E-state index contributed by atoms with van der Waals surface area (Å²) in [6.45, 7) is 5.58. The minimum absolute atomic E-state index is 0.155. The Balaban J connectivity index is 2.68. The monoisotopic (exact) mass is 377 g/mol. The van der Waals surface area contributed by atoms with Gasteiger partial charge in [-0.3, -0.25) is 0 Å². The molecule has 1 atom stereocenters. The Morgan fingerprint density at radius 3 is 2.71 bits per heavy atom. The molecule has 0 radical (unpaired) electrons. The summed E-state index contributed by atoms with van der Waals surface area (Å²) in [4.78, 5) is 0. The predicted octanol–water partition coefficient (Wildman–Crippen LogP) is 3.32. The molecule has 1 aromatic carbocycles. The Labute approximate surface area is 136 Å². The lowest BCUT2D eigenvalue weighted by molar-refractivity contribution is 0.311. The first-order valence-corrected chi connectivity index (χ1v) is 10.0. The molecule has 0 fully saturated rings. The van der Waals surface area contributed by atoms with Crippen molar-refractivity contribution in [1.29, 1.82) is 0 Å². The zero-order valence-corrected chi connectivity index (χ0v) is 15.3. The SMILES string of the molecule is CCCNC(C)c1cc(Br)ccc1OCCCS(C)(=O)=O. The van der Waals surface area contributed by atoms with Gasteiger partial charge in [0.1, 0.15) is 15.6 Å². The summed E-state index contributed by atoms with van der Waals surface area (Å²) >= 11 is 3.48. The average Bonchev–Trinajstić information content (AvgIpc) is 2.41. The zero-order chi connectivity index (χ0) is 15.9. The van der Waals surface area contributed by atoms with Gasteiger partial charge in [-0.25, -0.2) is 8.42 Å². The Morgan fingerprint density at radius 1 is 1.38 bits per heavy atom. The molecule has 0 saturated heterocycles. The van der Waals surface area contributed by atoms with Crippen molar-refractivity contribution in [3.8, 4) is 5.75 Å². The molecule has 0 aliphatic rings. The lowest BCUT2D eigenvalue weighted by atomic mass is 10.1. The fourth-order valence-electron chi connectivity index (χ4n) is 1.96. The smallest absolute Gasteiger partial charge is 0.147 e. The molecule has 0 bridgehead atoms. The summed E-state index contributed by atoms with van der Waals surface area (Å²) < 4.78 is 29.0. The van der Waals surface area contributed by atoms with Gasteiger partial charge >= 0.3 is 0 Å². The van der Waals surface area contributed by atoms with Gasteiger partial charge in [0.2, 0.25) is 0 Å². The summed E-state index contributed by atoms with van der Waals surface area (Å²) in [6, 6.07) is 6.08. The number of sulfone groups is 1. The van der Waals surface area contributed by atoms with Gasteiger partial charge in [0.05, 0.1) is 12.4 Å². The fraction of sp³-hybridized carbons (Fsp3) is 0.600. The van der Waals surface area contributed by atoms with Gasteiger partial charge < -0.3 is 10.1 Å². The molecule has 0 saturated carbocycles. The molecule has 1 aromatic rings. The summed E-state index contributed by atoms with van der Waals surface area (Å²) in [5.74, 6) is 0.963. The number of hydrogen-bond donors (Lipinski definition) is 1. The van der Waals surface area contributed by atoms with Gasteiger partial charge in [-0.1, -0.05) is 22.9 Å². The molecule has 1 unspecified atom stereocenters. The van der Waals surface area contributed by atoms with Crippen molar-refractivity contribution >= 4 is 25.8 Å². The normalized spacial score (nSPS) is 13.1. The van der Waals surface area contributed by atoms with E-state index in [1.807, 2.05) is 18.2 Å². The van der Waals surface area contributed by atoms with Crippen LogP contribution in [0.3, 0.4) is 0 Å². The number of halogens is 1. The van der Waals surface area contributed by atoms with Crippen LogP contribution >= 0.6 is 15.9 Å². The molecule has 0 aliphatic heterocycles. The molecular formula is C15H24BrNO3S. The first-order chi connectivity index (χ1) is 9.83. The first kappa shape index (κ1) is 18.5. The minimum Gasteiger partial charge on any atom is -0.493 e. The van der Waals surface area contributed by atoms with Crippen LogP contribution in [0.1, 0.15) is 38.3 Å². The second-order valence-electron chi connectivity index (χ2n) is 5.19. The molecule has 1 rings (SSSR count). The highest BCUT2D eigenvalue weighted by atomic mass is 79.9. The molecule has 1 N–H and O–H groups in total. The second kappa shape index (κ2) is 8.76. The standard InChI is InChI=1S/C15H24BrNO3S/c1-4-8-17-12(2)14-11-13(16)6-7-15(14)20-9-5-10-21(3,18)19/h6-7,11-12,17H,4-5,8-10H2,1-3H3. The largest absolute Gasteiger partial charge is 0.493 e. The number of nitrogens with one attached hydrogen (secondary N) is 1. The molecule has 6 heteroatoms. The van der Waals surface area contributed by atoms with Gasteiger partial charge in [-0.2, -0.15) is 0 Å². The van der Waals surface area contributed by atoms with E-state index >= 15 is 0 Å². The maximum absolute atomic E-state index is 11.1. The number of rotatable bonds is 9. The number of ether oxygens (including phenoxy) is 1. The van der Waals surface area contributed by atoms with Crippen molar-refractivity contribution in [3.63, 3.8) is 0 Å². The van der Waals surface area contributed by atoms with Crippen molar-refractivity contribution in [1.82, 2.24) is 5.32 Å². The fourth-order valence-corrected chi connectivity index (χ4v) is 2.98. The average molecular weight is 378 g/mol. The van der Waals surface area contributed by atoms with Crippen molar-refractivity contribution in [3.05, 3.63) is 28.2 Å². The molecule has 0 spiro atoms. The van der Waals surface area contributed by atoms with E-state index in [1.54, 1.807) is 0 Å². The Kier molecular flexibility index (Phi) is 7.70. The van der Waals surface area contributed by atoms with Crippen molar-refractivity contribution in [2.75, 3.05) is 25.2 Å². The van der Waals surface area contributed by atoms with Gasteiger partial charge in [0.15, 0.2) is 0 Å². The minimum atomic E-state index is -2.92. The molecular weight excluding hydrogens is 354 g/mol. The third kappa shape index (κ3) is 7.29. The Hall–Kier alpha value is -0.590. The third-order valence-corrected chi connectivity index (χ3v) is 4.58. The number of hydrogen-bond acceptors (Lipinski definition) is 4. The Morgan fingerprint density at radius 2 is 2.10 bits per heavy atom. The third-order valence-electron chi connectivity index (χ3n) is 3.06. The van der Waals surface area contributed by atoms with Crippen LogP contribution in [0.15, 0.2) is 22.7 Å². The molecule has 0 aromatic heterocycles. The second-order valence-corrected chi connectivity index (χ2v) is 8.37. The molecule has 21 heavy (non-hydrogen) atoms. The van der Waals surface area contributed by atoms with E-state index in [1.165, 1.54) is 6.26 Å². The van der Waals surface area contributed by atoms with Crippen LogP contribution in [-0.2, 0) is 9.84 Å². The summed E-state index contributed by atoms with van der Waals surface area (Å²) in [6.07, 6.45) is 2.82. The van der Waals surface area contributed by atoms with Crippen LogP contribution in [0.2, 0.25) is 0 Å². The molecule has 0 amide bonds. The van der Waals surface area contributed by atoms with Crippen LogP contribution in [0.5, 0.6) is 5.75 Å². The molecule has 120 valence electrons. The van der Waals surface area contributed by atoms with E-state index in [9.17, 15) is 8.42 Å². The van der Waals surface area contributed by atoms with Crippen LogP contribution < -0.4 is 10.1 Å². The van der Waals surface area contributed by atoms with E-state index in [4.69, 9.17) is 4.74 Å². The van der Waals surface area contributed by atoms with Gasteiger partial charge in [-0.05, 0) is 44.5 Å². The van der Waals surface area contributed by atoms with Crippen LogP contribution in [0, 0.1) is 0 Å². The summed E-state index contributed by atoms with van der Waals surface area (Å²) in [7, 11) is -2.92. The molecule has 0 heterocycles. The first-order valence-electron chi connectivity index (χ1n) is 7.17. The van der Waals surface area contributed by atoms with E-state index in [0.717, 1.165) is 28.8 Å². The van der Waals surface area contributed by atoms with Crippen LogP contribution in [0.4, 0.5) is 0 Å². The highest BCUT2D eigenvalue weighted by Gasteiger charge is 2.12. The van der Waals surface area contributed by atoms with Gasteiger partial charge in [0, 0.05) is 22.3 Å². The lowest BCUT2D eigenvalue weighted by Gasteiger charge is -2.18. The van der Waals surface area contributed by atoms with Crippen molar-refractivity contribution in [2.45, 2.75) is 32.7 Å². The number of benzene rings is 1. The maximum atomic E-state index is 11.1. The van der Waals surface area contributed by atoms with Gasteiger partial charge in [0.25, 0.3) is 0 Å². The highest BCUT2D eigenvalue weighted by molar-refractivity contribution is 9.10. The molecule has 4 nitrogen and oxygen atoms in total. The van der Waals surface area contributed by atoms with E-state index in [2.05, 4.69) is 35.1 Å². The van der Waals surface area contributed by atoms with E-state index in [0.29, 0.717) is 13.0 Å². The lowest BCUT2D eigenvalue weighted by Crippen LogP contribution is -2.20. The summed E-state index contributed by atoms with van der Waals surface area (Å²) in [5, 5.41) is 3.43. The zero-order valence-electron chi connectivity index (χ0n) is 12.9. The van der Waals surface area contributed by atoms with Crippen LogP contribution in [0.25, 0.3) is 0 Å². The van der Waals surface area contributed by atoms with E-state index < -0.39 is 9.84 Å². The maximum Gasteiger partial charge on any atom is 0.147 e. The van der Waals surface area contributed by atoms with Crippen LogP contribution in [-0.4, -0.2) is 33.6 Å².